The lowest BCUT2D eigenvalue weighted by molar-refractivity contribution is 0.133. The first-order valence-electron chi connectivity index (χ1n) is 6.70. The van der Waals surface area contributed by atoms with E-state index in [1.807, 2.05) is 6.07 Å². The van der Waals surface area contributed by atoms with E-state index in [1.54, 1.807) is 6.07 Å². The Balaban J connectivity index is 1.82. The molecule has 0 aliphatic heterocycles. The van der Waals surface area contributed by atoms with Gasteiger partial charge in [0.05, 0.1) is 0 Å². The van der Waals surface area contributed by atoms with Gasteiger partial charge in [-0.2, -0.15) is 0 Å². The minimum atomic E-state index is -0.104. The predicted molar refractivity (Wildman–Crippen MR) is 67.5 cm³/mol. The molecule has 2 aliphatic rings. The van der Waals surface area contributed by atoms with E-state index in [0.29, 0.717) is 5.92 Å². The van der Waals surface area contributed by atoms with Gasteiger partial charge in [0.1, 0.15) is 5.82 Å². The Morgan fingerprint density at radius 2 is 2.18 bits per heavy atom. The molecule has 0 saturated heterocycles. The Morgan fingerprint density at radius 3 is 2.71 bits per heavy atom. The molecule has 3 rings (SSSR count). The molecule has 0 radical (unpaired) electrons. The third kappa shape index (κ3) is 1.99. The minimum absolute atomic E-state index is 0.104. The second kappa shape index (κ2) is 4.09. The van der Waals surface area contributed by atoms with Crippen LogP contribution in [0.4, 0.5) is 4.39 Å². The molecular formula is C15H20FN. The van der Waals surface area contributed by atoms with Gasteiger partial charge < -0.3 is 5.32 Å². The molecule has 92 valence electrons. The van der Waals surface area contributed by atoms with E-state index in [4.69, 9.17) is 0 Å². The van der Waals surface area contributed by atoms with Crippen LogP contribution in [-0.2, 0) is 5.41 Å². The first-order chi connectivity index (χ1) is 8.21. The minimum Gasteiger partial charge on any atom is -0.313 e. The van der Waals surface area contributed by atoms with Crippen LogP contribution in [0.1, 0.15) is 38.2 Å². The second-order valence-electron chi connectivity index (χ2n) is 5.76. The average molecular weight is 233 g/mol. The maximum absolute atomic E-state index is 13.4. The molecule has 0 spiro atoms. The summed E-state index contributed by atoms with van der Waals surface area (Å²) in [4.78, 5) is 0. The smallest absolute Gasteiger partial charge is 0.123 e. The summed E-state index contributed by atoms with van der Waals surface area (Å²) >= 11 is 0. The van der Waals surface area contributed by atoms with Crippen molar-refractivity contribution in [3.05, 3.63) is 35.6 Å². The van der Waals surface area contributed by atoms with Crippen molar-refractivity contribution in [3.63, 3.8) is 0 Å². The monoisotopic (exact) mass is 233 g/mol. The number of benzene rings is 1. The highest BCUT2D eigenvalue weighted by molar-refractivity contribution is 5.30. The molecule has 2 atom stereocenters. The summed E-state index contributed by atoms with van der Waals surface area (Å²) < 4.78 is 13.4. The van der Waals surface area contributed by atoms with E-state index in [2.05, 4.69) is 18.3 Å². The van der Waals surface area contributed by atoms with Gasteiger partial charge >= 0.3 is 0 Å². The number of rotatable bonds is 4. The van der Waals surface area contributed by atoms with Crippen molar-refractivity contribution in [2.45, 2.75) is 44.1 Å². The van der Waals surface area contributed by atoms with Gasteiger partial charge in [-0.15, -0.1) is 0 Å². The average Bonchev–Trinajstić information content (AvgIpc) is 3.12. The summed E-state index contributed by atoms with van der Waals surface area (Å²) in [5.74, 6) is 0.558. The largest absolute Gasteiger partial charge is 0.313 e. The summed E-state index contributed by atoms with van der Waals surface area (Å²) in [6.07, 6.45) is 5.08. The Labute approximate surface area is 102 Å². The predicted octanol–water partition coefficient (Wildman–Crippen LogP) is 3.25. The molecule has 0 bridgehead atoms. The van der Waals surface area contributed by atoms with Crippen molar-refractivity contribution in [1.82, 2.24) is 5.32 Å². The Bertz CT molecular complexity index is 413. The summed E-state index contributed by atoms with van der Waals surface area (Å²) in [7, 11) is 0. The molecule has 1 aromatic carbocycles. The molecule has 2 unspecified atom stereocenters. The zero-order valence-corrected chi connectivity index (χ0v) is 10.4. The lowest BCUT2D eigenvalue weighted by Gasteiger charge is -2.49. The fourth-order valence-electron chi connectivity index (χ4n) is 2.99. The lowest BCUT2D eigenvalue weighted by atomic mass is 9.57. The van der Waals surface area contributed by atoms with Gasteiger partial charge in [0.15, 0.2) is 0 Å². The van der Waals surface area contributed by atoms with Crippen LogP contribution in [0.25, 0.3) is 0 Å². The molecule has 2 heteroatoms. The van der Waals surface area contributed by atoms with Gasteiger partial charge in [-0.05, 0) is 49.3 Å². The van der Waals surface area contributed by atoms with Crippen molar-refractivity contribution in [2.75, 3.05) is 6.54 Å². The van der Waals surface area contributed by atoms with Gasteiger partial charge in [-0.3, -0.25) is 0 Å². The summed E-state index contributed by atoms with van der Waals surface area (Å²) in [5.41, 5.74) is 1.37. The van der Waals surface area contributed by atoms with Crippen LogP contribution in [0.3, 0.4) is 0 Å². The van der Waals surface area contributed by atoms with Crippen LogP contribution in [0.5, 0.6) is 0 Å². The maximum atomic E-state index is 13.4. The summed E-state index contributed by atoms with van der Waals surface area (Å²) in [5, 5.41) is 3.63. The van der Waals surface area contributed by atoms with E-state index in [-0.39, 0.29) is 11.2 Å². The van der Waals surface area contributed by atoms with Crippen molar-refractivity contribution in [2.24, 2.45) is 5.92 Å². The van der Waals surface area contributed by atoms with Crippen LogP contribution >= 0.6 is 0 Å². The Morgan fingerprint density at radius 1 is 1.35 bits per heavy atom. The molecule has 1 nitrogen and oxygen atoms in total. The molecular weight excluding hydrogens is 213 g/mol. The molecule has 2 saturated carbocycles. The quantitative estimate of drug-likeness (QED) is 0.841. The number of hydrogen-bond donors (Lipinski definition) is 1. The van der Waals surface area contributed by atoms with Gasteiger partial charge in [-0.25, -0.2) is 4.39 Å². The van der Waals surface area contributed by atoms with Gasteiger partial charge in [0, 0.05) is 18.0 Å². The van der Waals surface area contributed by atoms with Crippen LogP contribution < -0.4 is 5.32 Å². The molecule has 17 heavy (non-hydrogen) atoms. The van der Waals surface area contributed by atoms with Crippen LogP contribution in [0.2, 0.25) is 0 Å². The van der Waals surface area contributed by atoms with Crippen molar-refractivity contribution in [3.8, 4) is 0 Å². The first-order valence-corrected chi connectivity index (χ1v) is 6.70. The zero-order valence-electron chi connectivity index (χ0n) is 10.4. The summed E-state index contributed by atoms with van der Waals surface area (Å²) in [6, 6.07) is 7.93. The van der Waals surface area contributed by atoms with Crippen LogP contribution in [0.15, 0.2) is 24.3 Å². The number of halogens is 1. The highest BCUT2D eigenvalue weighted by atomic mass is 19.1. The Kier molecular flexibility index (Phi) is 2.70. The van der Waals surface area contributed by atoms with Crippen LogP contribution in [0, 0.1) is 11.7 Å². The fraction of sp³-hybridized carbons (Fsp3) is 0.600. The van der Waals surface area contributed by atoms with Gasteiger partial charge in [0.2, 0.25) is 0 Å². The van der Waals surface area contributed by atoms with Crippen molar-refractivity contribution < 1.29 is 4.39 Å². The highest BCUT2D eigenvalue weighted by Crippen LogP contribution is 2.48. The number of hydrogen-bond acceptors (Lipinski definition) is 1. The molecule has 0 amide bonds. The topological polar surface area (TPSA) is 12.0 Å². The van der Waals surface area contributed by atoms with E-state index < -0.39 is 0 Å². The molecule has 1 N–H and O–H groups in total. The molecule has 2 aliphatic carbocycles. The third-order valence-electron chi connectivity index (χ3n) is 4.65. The Hall–Kier alpha value is -0.890. The molecule has 0 heterocycles. The standard InChI is InChI=1S/C15H20FN/c1-11-7-8-15(11,10-17-14-5-6-14)12-3-2-4-13(16)9-12/h2-4,9,11,14,17H,5-8,10H2,1H3. The summed E-state index contributed by atoms with van der Waals surface area (Å²) in [6.45, 7) is 3.31. The van der Waals surface area contributed by atoms with Crippen molar-refractivity contribution >= 4 is 0 Å². The van der Waals surface area contributed by atoms with E-state index in [0.717, 1.165) is 12.6 Å². The zero-order chi connectivity index (χ0) is 11.9. The first kappa shape index (κ1) is 11.2. The molecule has 1 aromatic rings. The molecule has 2 fully saturated rings. The molecule has 0 aromatic heterocycles. The van der Waals surface area contributed by atoms with Gasteiger partial charge in [0.25, 0.3) is 0 Å². The fourth-order valence-corrected chi connectivity index (χ4v) is 2.99. The third-order valence-corrected chi connectivity index (χ3v) is 4.65. The van der Waals surface area contributed by atoms with E-state index >= 15 is 0 Å². The lowest BCUT2D eigenvalue weighted by Crippen LogP contribution is -2.50. The van der Waals surface area contributed by atoms with E-state index in [1.165, 1.54) is 37.3 Å². The SMILES string of the molecule is CC1CCC1(CNC1CC1)c1cccc(F)c1. The number of nitrogens with one attached hydrogen (secondary N) is 1. The highest BCUT2D eigenvalue weighted by Gasteiger charge is 2.45. The van der Waals surface area contributed by atoms with E-state index in [9.17, 15) is 4.39 Å². The van der Waals surface area contributed by atoms with Crippen molar-refractivity contribution in [1.29, 1.82) is 0 Å². The van der Waals surface area contributed by atoms with Crippen LogP contribution in [-0.4, -0.2) is 12.6 Å². The normalized spacial score (nSPS) is 32.2. The second-order valence-corrected chi connectivity index (χ2v) is 5.76. The van der Waals surface area contributed by atoms with Gasteiger partial charge in [-0.1, -0.05) is 19.1 Å². The maximum Gasteiger partial charge on any atom is 0.123 e.